The first-order chi connectivity index (χ1) is 25.4. The highest BCUT2D eigenvalue weighted by Crippen LogP contribution is 2.67. The molecule has 53 heavy (non-hydrogen) atoms. The number of nitrogens with one attached hydrogen (secondary N) is 1. The van der Waals surface area contributed by atoms with Crippen LogP contribution < -0.4 is 10.1 Å². The Morgan fingerprint density at radius 3 is 2.34 bits per heavy atom. The number of carbonyl (C=O) groups is 3. The van der Waals surface area contributed by atoms with Crippen molar-refractivity contribution in [3.05, 3.63) is 94.1 Å². The summed E-state index contributed by atoms with van der Waals surface area (Å²) < 4.78 is 12.2. The summed E-state index contributed by atoms with van der Waals surface area (Å²) in [6.45, 7) is 4.94. The van der Waals surface area contributed by atoms with E-state index < -0.39 is 11.6 Å². The average Bonchev–Trinajstić information content (AvgIpc) is 3.59. The van der Waals surface area contributed by atoms with E-state index in [-0.39, 0.29) is 52.6 Å². The van der Waals surface area contributed by atoms with Crippen molar-refractivity contribution in [2.45, 2.75) is 96.3 Å². The maximum Gasteiger partial charge on any atom is 0.340 e. The molecule has 0 radical (unpaired) electrons. The average molecular weight is 718 g/mol. The van der Waals surface area contributed by atoms with Gasteiger partial charge >= 0.3 is 5.97 Å². The van der Waals surface area contributed by atoms with E-state index in [1.54, 1.807) is 18.2 Å². The molecule has 0 aromatic heterocycles. The highest BCUT2D eigenvalue weighted by atomic mass is 16.6. The van der Waals surface area contributed by atoms with Crippen molar-refractivity contribution in [1.29, 1.82) is 0 Å². The van der Waals surface area contributed by atoms with Crippen LogP contribution in [-0.2, 0) is 26.5 Å². The molecule has 4 N–H and O–H groups in total. The molecule has 1 spiro atoms. The van der Waals surface area contributed by atoms with E-state index in [1.165, 1.54) is 29.8 Å². The molecular formula is C44H47NO8. The predicted molar refractivity (Wildman–Crippen MR) is 195 cm³/mol. The number of hydrogen-bond acceptors (Lipinski definition) is 8. The van der Waals surface area contributed by atoms with Crippen molar-refractivity contribution in [2.75, 3.05) is 0 Å². The highest BCUT2D eigenvalue weighted by molar-refractivity contribution is 5.97. The normalized spacial score (nSPS) is 31.5. The van der Waals surface area contributed by atoms with Crippen molar-refractivity contribution in [1.82, 2.24) is 5.32 Å². The smallest absolute Gasteiger partial charge is 0.340 e. The van der Waals surface area contributed by atoms with E-state index in [2.05, 4.69) is 19.2 Å². The molecular weight excluding hydrogens is 670 g/mol. The minimum atomic E-state index is -1.33. The number of amides is 1. The van der Waals surface area contributed by atoms with Gasteiger partial charge in [-0.2, -0.15) is 0 Å². The summed E-state index contributed by atoms with van der Waals surface area (Å²) in [7, 11) is 0. The summed E-state index contributed by atoms with van der Waals surface area (Å²) in [5, 5.41) is 34.3. The van der Waals surface area contributed by atoms with Gasteiger partial charge in [-0.15, -0.1) is 0 Å². The van der Waals surface area contributed by atoms with Crippen molar-refractivity contribution in [2.24, 2.45) is 34.5 Å². The quantitative estimate of drug-likeness (QED) is 0.191. The van der Waals surface area contributed by atoms with Gasteiger partial charge in [-0.1, -0.05) is 31.6 Å². The third kappa shape index (κ3) is 5.09. The summed E-state index contributed by atoms with van der Waals surface area (Å²) in [6, 6.07) is 14.8. The van der Waals surface area contributed by atoms with Gasteiger partial charge in [0.1, 0.15) is 23.0 Å². The van der Waals surface area contributed by atoms with Crippen molar-refractivity contribution < 1.29 is 39.2 Å². The SMILES string of the molecule is C[C@]12CC[C@H]3[C@@H](CCC4=CC(=O)C[C@H](CCCC(=O)NCc5ccc6c(c5)C(=O)OC65c6ccc(O)cc6Oc6cc(O)ccc65)[C@@]43C)[C@@H]1CC[C@@H]2O. The zero-order valence-electron chi connectivity index (χ0n) is 30.3. The Morgan fingerprint density at radius 1 is 0.887 bits per heavy atom. The lowest BCUT2D eigenvalue weighted by atomic mass is 9.45. The van der Waals surface area contributed by atoms with E-state index in [0.29, 0.717) is 70.8 Å². The molecule has 0 unspecified atom stereocenters. The second-order valence-corrected chi connectivity index (χ2v) is 17.0. The van der Waals surface area contributed by atoms with Crippen LogP contribution in [0.15, 0.2) is 66.2 Å². The summed E-state index contributed by atoms with van der Waals surface area (Å²) >= 11 is 0. The molecule has 3 aromatic carbocycles. The Hall–Kier alpha value is -4.63. The molecule has 6 aliphatic rings. The predicted octanol–water partition coefficient (Wildman–Crippen LogP) is 7.57. The van der Waals surface area contributed by atoms with Gasteiger partial charge in [0, 0.05) is 48.2 Å². The van der Waals surface area contributed by atoms with Crippen LogP contribution in [0.1, 0.15) is 111 Å². The molecule has 2 aliphatic heterocycles. The molecule has 9 heteroatoms. The summed E-state index contributed by atoms with van der Waals surface area (Å²) in [5.41, 5.74) is 2.79. The lowest BCUT2D eigenvalue weighted by molar-refractivity contribution is -0.122. The number of ether oxygens (including phenoxy) is 2. The van der Waals surface area contributed by atoms with E-state index in [0.717, 1.165) is 50.5 Å². The number of phenolic OH excluding ortho intramolecular Hbond substituents is 2. The van der Waals surface area contributed by atoms with E-state index >= 15 is 0 Å². The number of ketones is 1. The molecule has 1 amide bonds. The maximum atomic E-state index is 13.5. The number of aliphatic hydroxyl groups excluding tert-OH is 1. The fourth-order valence-corrected chi connectivity index (χ4v) is 11.8. The van der Waals surface area contributed by atoms with Crippen molar-refractivity contribution in [3.63, 3.8) is 0 Å². The number of esters is 1. The maximum absolute atomic E-state index is 13.5. The van der Waals surface area contributed by atoms with E-state index in [9.17, 15) is 29.7 Å². The van der Waals surface area contributed by atoms with Gasteiger partial charge in [0.15, 0.2) is 11.4 Å². The van der Waals surface area contributed by atoms with Gasteiger partial charge in [0.05, 0.1) is 11.7 Å². The topological polar surface area (TPSA) is 142 Å². The highest BCUT2D eigenvalue weighted by Gasteiger charge is 2.60. The monoisotopic (exact) mass is 717 g/mol. The molecule has 3 aromatic rings. The summed E-state index contributed by atoms with van der Waals surface area (Å²) in [6.07, 6.45) is 10.3. The first-order valence-electron chi connectivity index (χ1n) is 19.3. The van der Waals surface area contributed by atoms with Crippen LogP contribution in [0.5, 0.6) is 23.0 Å². The van der Waals surface area contributed by atoms with Crippen LogP contribution in [0.4, 0.5) is 0 Å². The number of allylic oxidation sites excluding steroid dienone is 1. The molecule has 4 aliphatic carbocycles. The molecule has 276 valence electrons. The Labute approximate surface area is 309 Å². The molecule has 3 fully saturated rings. The zero-order chi connectivity index (χ0) is 36.9. The molecule has 9 rings (SSSR count). The first-order valence-corrected chi connectivity index (χ1v) is 19.3. The van der Waals surface area contributed by atoms with Crippen LogP contribution in [0, 0.1) is 34.5 Å². The fourth-order valence-electron chi connectivity index (χ4n) is 11.8. The largest absolute Gasteiger partial charge is 0.508 e. The van der Waals surface area contributed by atoms with Crippen LogP contribution in [0.25, 0.3) is 0 Å². The van der Waals surface area contributed by atoms with E-state index in [4.69, 9.17) is 9.47 Å². The number of aliphatic hydroxyl groups is 1. The second-order valence-electron chi connectivity index (χ2n) is 17.0. The third-order valence-corrected chi connectivity index (χ3v) is 14.5. The Kier molecular flexibility index (Phi) is 7.86. The van der Waals surface area contributed by atoms with Gasteiger partial charge in [-0.05, 0) is 128 Å². The molecule has 0 saturated heterocycles. The van der Waals surface area contributed by atoms with Gasteiger partial charge in [-0.3, -0.25) is 9.59 Å². The molecule has 3 saturated carbocycles. The number of phenols is 2. The van der Waals surface area contributed by atoms with Crippen LogP contribution in [0.2, 0.25) is 0 Å². The molecule has 2 heterocycles. The Bertz CT molecular complexity index is 2040. The van der Waals surface area contributed by atoms with Gasteiger partial charge in [-0.25, -0.2) is 4.79 Å². The summed E-state index contributed by atoms with van der Waals surface area (Å²) in [5.74, 6) is 2.06. The van der Waals surface area contributed by atoms with Crippen LogP contribution in [0.3, 0.4) is 0 Å². The van der Waals surface area contributed by atoms with Crippen LogP contribution in [-0.4, -0.2) is 39.1 Å². The van der Waals surface area contributed by atoms with E-state index in [1.807, 2.05) is 18.2 Å². The Morgan fingerprint density at radius 2 is 1.60 bits per heavy atom. The Balaban J connectivity index is 0.882. The van der Waals surface area contributed by atoms with Gasteiger partial charge in [0.2, 0.25) is 5.91 Å². The molecule has 7 atom stereocenters. The lowest BCUT2D eigenvalue weighted by Gasteiger charge is -2.60. The standard InChI is InChI=1S/C44H47NO8/c1-42-17-16-33-30(32(42)14-15-39(42)49)10-7-26-20-29(48)19-25(43(26,33)2)4-3-5-40(50)45-23-24-6-11-34-31(18-24)41(51)53-44(34)35-12-8-27(46)21-37(35)52-38-22-28(47)9-13-36(38)44/h6,8-9,11-13,18,20-22,25,30,32-33,39,46-47,49H,3-5,7,10,14-17,19,23H2,1-2H3,(H,45,50)/t25-,30-,32-,33-,39-,42-,43-/m0/s1. The van der Waals surface area contributed by atoms with Gasteiger partial charge in [0.25, 0.3) is 0 Å². The number of carbonyl (C=O) groups excluding carboxylic acids is 3. The first kappa shape index (κ1) is 34.2. The minimum absolute atomic E-state index is 0.00833. The minimum Gasteiger partial charge on any atom is -0.508 e. The molecule has 0 bridgehead atoms. The zero-order valence-corrected chi connectivity index (χ0v) is 30.3. The summed E-state index contributed by atoms with van der Waals surface area (Å²) in [4.78, 5) is 39.7. The fraction of sp³-hybridized carbons (Fsp3) is 0.477. The number of aromatic hydroxyl groups is 2. The molecule has 9 nitrogen and oxygen atoms in total. The number of rotatable bonds is 6. The third-order valence-electron chi connectivity index (χ3n) is 14.5. The number of benzene rings is 3. The number of hydrogen-bond donors (Lipinski definition) is 4. The van der Waals surface area contributed by atoms with Gasteiger partial charge < -0.3 is 30.1 Å². The van der Waals surface area contributed by atoms with Crippen LogP contribution >= 0.6 is 0 Å². The van der Waals surface area contributed by atoms with Crippen molar-refractivity contribution in [3.8, 4) is 23.0 Å². The van der Waals surface area contributed by atoms with Crippen molar-refractivity contribution >= 4 is 17.7 Å². The second kappa shape index (κ2) is 12.2. The lowest BCUT2D eigenvalue weighted by Crippen LogP contribution is -2.54. The number of fused-ring (bicyclic) bond motifs is 11.